The minimum absolute atomic E-state index is 0.0726. The van der Waals surface area contributed by atoms with Gasteiger partial charge in [0.15, 0.2) is 0 Å². The van der Waals surface area contributed by atoms with Gasteiger partial charge in [-0.25, -0.2) is 9.78 Å². The average molecular weight is 427 g/mol. The van der Waals surface area contributed by atoms with Crippen molar-refractivity contribution in [3.05, 3.63) is 36.0 Å². The largest absolute Gasteiger partial charge is 0.393 e. The number of aliphatic hydroxyl groups is 1. The van der Waals surface area contributed by atoms with E-state index < -0.39 is 11.2 Å². The molecule has 1 N–H and O–H groups in total. The Morgan fingerprint density at radius 1 is 1.03 bits per heavy atom. The summed E-state index contributed by atoms with van der Waals surface area (Å²) in [5.74, 6) is 2.98. The zero-order valence-corrected chi connectivity index (χ0v) is 20.4. The Balaban J connectivity index is 1.48. The summed E-state index contributed by atoms with van der Waals surface area (Å²) in [4.78, 5) is 12.6. The lowest BCUT2D eigenvalue weighted by atomic mass is 9.47. The maximum atomic E-state index is 10.4. The number of aliphatic hydroxyl groups excluding tert-OH is 1. The normalized spacial score (nSPS) is 50.2. The molecule has 5 unspecified atom stereocenters. The lowest BCUT2D eigenvalue weighted by Crippen LogP contribution is -2.69. The van der Waals surface area contributed by atoms with Crippen LogP contribution in [0.4, 0.5) is 0 Å². The third-order valence-electron chi connectivity index (χ3n) is 10.5. The third-order valence-corrected chi connectivity index (χ3v) is 10.5. The van der Waals surface area contributed by atoms with Crippen LogP contribution in [0.2, 0.25) is 0 Å². The van der Waals surface area contributed by atoms with E-state index in [1.54, 1.807) is 0 Å². The fraction of sp³-hybridized carbons (Fsp3) is 0.786. The number of fused-ring (bicyclic) bond motifs is 2. The molecule has 6 rings (SSSR count). The molecule has 2 saturated carbocycles. The molecular formula is C28H42O3. The Bertz CT molecular complexity index is 826. The first-order valence-electron chi connectivity index (χ1n) is 12.7. The van der Waals surface area contributed by atoms with Gasteiger partial charge in [0.2, 0.25) is 0 Å². The van der Waals surface area contributed by atoms with Gasteiger partial charge in [0, 0.05) is 17.8 Å². The van der Waals surface area contributed by atoms with E-state index in [2.05, 4.69) is 71.9 Å². The Morgan fingerprint density at radius 3 is 2.48 bits per heavy atom. The van der Waals surface area contributed by atoms with Gasteiger partial charge < -0.3 is 5.11 Å². The summed E-state index contributed by atoms with van der Waals surface area (Å²) in [6.07, 6.45) is 17.8. The van der Waals surface area contributed by atoms with Gasteiger partial charge in [-0.15, -0.1) is 0 Å². The van der Waals surface area contributed by atoms with Crippen LogP contribution in [-0.4, -0.2) is 22.4 Å². The highest BCUT2D eigenvalue weighted by Gasteiger charge is 2.71. The van der Waals surface area contributed by atoms with Crippen LogP contribution < -0.4 is 0 Å². The summed E-state index contributed by atoms with van der Waals surface area (Å²) in [5.41, 5.74) is 0.656. The maximum Gasteiger partial charge on any atom is 0.147 e. The molecule has 2 aliphatic heterocycles. The molecule has 31 heavy (non-hydrogen) atoms. The van der Waals surface area contributed by atoms with Gasteiger partial charge in [-0.2, -0.15) is 0 Å². The molecule has 0 amide bonds. The molecule has 2 spiro atoms. The minimum Gasteiger partial charge on any atom is -0.393 e. The Kier molecular flexibility index (Phi) is 4.98. The van der Waals surface area contributed by atoms with Crippen molar-refractivity contribution in [3.63, 3.8) is 0 Å². The van der Waals surface area contributed by atoms with Gasteiger partial charge in [-0.3, -0.25) is 0 Å². The van der Waals surface area contributed by atoms with E-state index in [-0.39, 0.29) is 16.9 Å². The van der Waals surface area contributed by atoms with Crippen LogP contribution in [0.1, 0.15) is 80.1 Å². The van der Waals surface area contributed by atoms with Crippen molar-refractivity contribution in [1.29, 1.82) is 0 Å². The fourth-order valence-corrected chi connectivity index (χ4v) is 8.01. The highest BCUT2D eigenvalue weighted by Crippen LogP contribution is 2.71. The predicted molar refractivity (Wildman–Crippen MR) is 124 cm³/mol. The second kappa shape index (κ2) is 7.05. The number of rotatable bonds is 4. The molecule has 4 aliphatic carbocycles. The van der Waals surface area contributed by atoms with E-state index in [1.165, 1.54) is 18.4 Å². The Morgan fingerprint density at radius 2 is 1.81 bits per heavy atom. The van der Waals surface area contributed by atoms with Crippen molar-refractivity contribution >= 4 is 0 Å². The van der Waals surface area contributed by atoms with Crippen molar-refractivity contribution in [2.24, 2.45) is 40.4 Å². The van der Waals surface area contributed by atoms with Crippen LogP contribution in [-0.2, 0) is 9.78 Å². The first-order valence-corrected chi connectivity index (χ1v) is 12.7. The van der Waals surface area contributed by atoms with Crippen LogP contribution in [0.25, 0.3) is 0 Å². The monoisotopic (exact) mass is 426 g/mol. The van der Waals surface area contributed by atoms with Crippen LogP contribution in [0.3, 0.4) is 0 Å². The number of hydrogen-bond acceptors (Lipinski definition) is 3. The van der Waals surface area contributed by atoms with Gasteiger partial charge in [-0.1, -0.05) is 59.8 Å². The Hall–Kier alpha value is -0.900. The predicted octanol–water partition coefficient (Wildman–Crippen LogP) is 6.39. The van der Waals surface area contributed by atoms with Crippen LogP contribution in [0.5, 0.6) is 0 Å². The van der Waals surface area contributed by atoms with Crippen molar-refractivity contribution < 1.29 is 14.9 Å². The molecule has 6 aliphatic rings. The summed E-state index contributed by atoms with van der Waals surface area (Å²) < 4.78 is 0. The summed E-state index contributed by atoms with van der Waals surface area (Å²) >= 11 is 0. The summed E-state index contributed by atoms with van der Waals surface area (Å²) in [5, 5.41) is 10.4. The molecule has 9 atom stereocenters. The second-order valence-electron chi connectivity index (χ2n) is 12.3. The van der Waals surface area contributed by atoms with Crippen LogP contribution in [0.15, 0.2) is 36.0 Å². The molecule has 3 heteroatoms. The molecule has 3 fully saturated rings. The molecule has 172 valence electrons. The molecule has 0 aromatic heterocycles. The molecule has 0 radical (unpaired) electrons. The summed E-state index contributed by atoms with van der Waals surface area (Å²) in [7, 11) is 0. The van der Waals surface area contributed by atoms with E-state index in [4.69, 9.17) is 9.78 Å². The highest BCUT2D eigenvalue weighted by atomic mass is 17.2. The van der Waals surface area contributed by atoms with E-state index >= 15 is 0 Å². The lowest BCUT2D eigenvalue weighted by Gasteiger charge is -2.66. The molecule has 0 aromatic rings. The van der Waals surface area contributed by atoms with Crippen molar-refractivity contribution in [1.82, 2.24) is 0 Å². The first-order chi connectivity index (χ1) is 14.6. The smallest absolute Gasteiger partial charge is 0.147 e. The Labute approximate surface area is 188 Å². The zero-order valence-electron chi connectivity index (χ0n) is 20.4. The molecule has 1 saturated heterocycles. The van der Waals surface area contributed by atoms with Gasteiger partial charge in [0.25, 0.3) is 0 Å². The molecular weight excluding hydrogens is 384 g/mol. The SMILES string of the molecule is CC(C)C(C)/C=C/C(C)[C@H]1CCC2C34C=CC5(C[C@@H](O)CC[C@]5(C)C3=CC[C@@]21C)OO4. The van der Waals surface area contributed by atoms with Crippen LogP contribution in [0, 0.1) is 40.4 Å². The van der Waals surface area contributed by atoms with Crippen molar-refractivity contribution in [2.45, 2.75) is 97.4 Å². The van der Waals surface area contributed by atoms with E-state index in [0.717, 1.165) is 19.3 Å². The summed E-state index contributed by atoms with van der Waals surface area (Å²) in [6.45, 7) is 14.2. The molecule has 2 heterocycles. The standard InChI is InChI=1S/C28H42O3/c1-18(2)19(3)7-8-20(4)22-9-10-23-25(22,5)13-12-24-26(6)14-11-21(29)17-27(26)15-16-28(23,24)31-30-27/h7-8,12,15-16,18-23,29H,9-11,13-14,17H2,1-6H3/b8-7+/t19?,20?,21-,22+,23?,25+,26+,27?,28?/m0/s1. The van der Waals surface area contributed by atoms with Gasteiger partial charge in [0.05, 0.1) is 6.10 Å². The van der Waals surface area contributed by atoms with Crippen LogP contribution >= 0.6 is 0 Å². The zero-order chi connectivity index (χ0) is 22.2. The third kappa shape index (κ3) is 2.82. The molecule has 0 aromatic carbocycles. The first kappa shape index (κ1) is 21.9. The van der Waals surface area contributed by atoms with E-state index in [9.17, 15) is 5.11 Å². The van der Waals surface area contributed by atoms with E-state index in [1.807, 2.05) is 0 Å². The van der Waals surface area contributed by atoms with Crippen molar-refractivity contribution in [2.75, 3.05) is 0 Å². The topological polar surface area (TPSA) is 38.7 Å². The number of hydrogen-bond donors (Lipinski definition) is 1. The second-order valence-corrected chi connectivity index (χ2v) is 12.3. The van der Waals surface area contributed by atoms with Crippen molar-refractivity contribution in [3.8, 4) is 0 Å². The van der Waals surface area contributed by atoms with Gasteiger partial charge >= 0.3 is 0 Å². The maximum absolute atomic E-state index is 10.4. The summed E-state index contributed by atoms with van der Waals surface area (Å²) in [6, 6.07) is 0. The van der Waals surface area contributed by atoms with E-state index in [0.29, 0.717) is 36.0 Å². The quantitative estimate of drug-likeness (QED) is 0.418. The number of allylic oxidation sites excluding steroid dienone is 3. The minimum atomic E-state index is -0.507. The fourth-order valence-electron chi connectivity index (χ4n) is 8.01. The van der Waals surface area contributed by atoms with Gasteiger partial charge in [0.1, 0.15) is 11.2 Å². The molecule has 2 bridgehead atoms. The highest BCUT2D eigenvalue weighted by molar-refractivity contribution is 5.48. The average Bonchev–Trinajstić information content (AvgIpc) is 3.09. The lowest BCUT2D eigenvalue weighted by molar-refractivity contribution is -0.455. The van der Waals surface area contributed by atoms with Gasteiger partial charge in [-0.05, 0) is 78.9 Å². The molecule has 3 nitrogen and oxygen atoms in total.